The Kier molecular flexibility index (Phi) is 5.53. The quantitative estimate of drug-likeness (QED) is 0.777. The second-order valence-corrected chi connectivity index (χ2v) is 6.81. The average molecular weight is 340 g/mol. The Morgan fingerprint density at radius 2 is 1.48 bits per heavy atom. The zero-order valence-electron chi connectivity index (χ0n) is 14.2. The van der Waals surface area contributed by atoms with Gasteiger partial charge >= 0.3 is 6.09 Å². The van der Waals surface area contributed by atoms with E-state index in [2.05, 4.69) is 10.6 Å². The van der Waals surface area contributed by atoms with Gasteiger partial charge in [-0.25, -0.2) is 4.79 Å². The predicted octanol–water partition coefficient (Wildman–Crippen LogP) is 3.64. The summed E-state index contributed by atoms with van der Waals surface area (Å²) in [6, 6.07) is 13.7. The molecule has 5 heteroatoms. The van der Waals surface area contributed by atoms with E-state index in [4.69, 9.17) is 5.11 Å². The Morgan fingerprint density at radius 1 is 0.880 bits per heavy atom. The van der Waals surface area contributed by atoms with Gasteiger partial charge in [-0.2, -0.15) is 0 Å². The Morgan fingerprint density at radius 3 is 2.16 bits per heavy atom. The summed E-state index contributed by atoms with van der Waals surface area (Å²) in [4.78, 5) is 23.1. The highest BCUT2D eigenvalue weighted by atomic mass is 16.4. The third-order valence-electron chi connectivity index (χ3n) is 5.09. The molecule has 2 aromatic carbocycles. The van der Waals surface area contributed by atoms with Gasteiger partial charge < -0.3 is 15.7 Å². The molecule has 25 heavy (non-hydrogen) atoms. The Hall–Kier alpha value is -2.56. The molecule has 2 aromatic rings. The lowest BCUT2D eigenvalue weighted by molar-refractivity contribution is 0.0942. The van der Waals surface area contributed by atoms with Gasteiger partial charge in [-0.05, 0) is 54.4 Å². The van der Waals surface area contributed by atoms with Crippen LogP contribution < -0.4 is 10.6 Å². The van der Waals surface area contributed by atoms with Crippen LogP contribution in [0.3, 0.4) is 0 Å². The van der Waals surface area contributed by atoms with Crippen molar-refractivity contribution in [3.05, 3.63) is 48.0 Å². The minimum Gasteiger partial charge on any atom is -0.465 e. The number of carbonyl (C=O) groups is 2. The van der Waals surface area contributed by atoms with E-state index in [1.165, 1.54) is 0 Å². The number of carbonyl (C=O) groups excluding carboxylic acids is 1. The SMILES string of the molecule is O=C(O)NC[C@H]1CC[C@H](CNC(=O)c2cccc3ccccc23)CC1. The summed E-state index contributed by atoms with van der Waals surface area (Å²) in [5.74, 6) is 0.868. The van der Waals surface area contributed by atoms with Crippen LogP contribution >= 0.6 is 0 Å². The number of carboxylic acid groups (broad SMARTS) is 1. The first-order valence-corrected chi connectivity index (χ1v) is 8.86. The van der Waals surface area contributed by atoms with Crippen LogP contribution in [0.2, 0.25) is 0 Å². The van der Waals surface area contributed by atoms with Crippen molar-refractivity contribution >= 4 is 22.8 Å². The number of hydrogen-bond acceptors (Lipinski definition) is 2. The maximum Gasteiger partial charge on any atom is 0.404 e. The lowest BCUT2D eigenvalue weighted by atomic mass is 9.82. The van der Waals surface area contributed by atoms with E-state index >= 15 is 0 Å². The number of fused-ring (bicyclic) bond motifs is 1. The molecule has 0 bridgehead atoms. The fraction of sp³-hybridized carbons (Fsp3) is 0.400. The largest absolute Gasteiger partial charge is 0.465 e. The summed E-state index contributed by atoms with van der Waals surface area (Å²) in [6.45, 7) is 1.21. The van der Waals surface area contributed by atoms with E-state index in [1.807, 2.05) is 42.5 Å². The molecular formula is C20H24N2O3. The molecule has 0 atom stereocenters. The van der Waals surface area contributed by atoms with Gasteiger partial charge in [0.1, 0.15) is 0 Å². The topological polar surface area (TPSA) is 78.4 Å². The van der Waals surface area contributed by atoms with Gasteiger partial charge in [0.2, 0.25) is 0 Å². The van der Waals surface area contributed by atoms with Crippen molar-refractivity contribution in [1.29, 1.82) is 0 Å². The molecule has 132 valence electrons. The maximum atomic E-state index is 12.6. The third-order valence-corrected chi connectivity index (χ3v) is 5.09. The Labute approximate surface area is 147 Å². The van der Waals surface area contributed by atoms with Crippen LogP contribution in [0.25, 0.3) is 10.8 Å². The highest BCUT2D eigenvalue weighted by Gasteiger charge is 2.22. The second-order valence-electron chi connectivity index (χ2n) is 6.81. The van der Waals surface area contributed by atoms with Crippen molar-refractivity contribution in [3.63, 3.8) is 0 Å². The highest BCUT2D eigenvalue weighted by Crippen LogP contribution is 2.28. The maximum absolute atomic E-state index is 12.6. The van der Waals surface area contributed by atoms with Crippen LogP contribution in [0.5, 0.6) is 0 Å². The smallest absolute Gasteiger partial charge is 0.404 e. The molecule has 0 spiro atoms. The van der Waals surface area contributed by atoms with E-state index in [1.54, 1.807) is 0 Å². The number of nitrogens with one attached hydrogen (secondary N) is 2. The summed E-state index contributed by atoms with van der Waals surface area (Å²) in [5.41, 5.74) is 0.720. The molecule has 0 unspecified atom stereocenters. The first kappa shape index (κ1) is 17.3. The summed E-state index contributed by atoms with van der Waals surface area (Å²) >= 11 is 0. The summed E-state index contributed by atoms with van der Waals surface area (Å²) < 4.78 is 0. The molecule has 3 N–H and O–H groups in total. The number of benzene rings is 2. The fourth-order valence-electron chi connectivity index (χ4n) is 3.63. The third kappa shape index (κ3) is 4.50. The highest BCUT2D eigenvalue weighted by molar-refractivity contribution is 6.06. The molecular weight excluding hydrogens is 316 g/mol. The van der Waals surface area contributed by atoms with Crippen LogP contribution in [0.4, 0.5) is 4.79 Å². The predicted molar refractivity (Wildman–Crippen MR) is 97.8 cm³/mol. The first-order chi connectivity index (χ1) is 12.1. The van der Waals surface area contributed by atoms with Crippen LogP contribution in [-0.2, 0) is 0 Å². The van der Waals surface area contributed by atoms with Crippen molar-refractivity contribution in [2.45, 2.75) is 25.7 Å². The Balaban J connectivity index is 1.51. The van der Waals surface area contributed by atoms with E-state index in [-0.39, 0.29) is 5.91 Å². The van der Waals surface area contributed by atoms with Gasteiger partial charge in [0.15, 0.2) is 0 Å². The molecule has 0 aromatic heterocycles. The minimum absolute atomic E-state index is 0.0218. The monoisotopic (exact) mass is 340 g/mol. The zero-order valence-corrected chi connectivity index (χ0v) is 14.2. The van der Waals surface area contributed by atoms with Crippen molar-refractivity contribution in [2.75, 3.05) is 13.1 Å². The van der Waals surface area contributed by atoms with E-state index in [0.29, 0.717) is 24.9 Å². The van der Waals surface area contributed by atoms with Crippen LogP contribution in [0.15, 0.2) is 42.5 Å². The van der Waals surface area contributed by atoms with E-state index in [0.717, 1.165) is 42.0 Å². The van der Waals surface area contributed by atoms with Gasteiger partial charge in [-0.15, -0.1) is 0 Å². The molecule has 1 aliphatic rings. The van der Waals surface area contributed by atoms with Crippen molar-refractivity contribution in [2.24, 2.45) is 11.8 Å². The van der Waals surface area contributed by atoms with E-state index in [9.17, 15) is 9.59 Å². The van der Waals surface area contributed by atoms with Crippen LogP contribution in [0.1, 0.15) is 36.0 Å². The van der Waals surface area contributed by atoms with Gasteiger partial charge in [0, 0.05) is 18.7 Å². The van der Waals surface area contributed by atoms with Crippen molar-refractivity contribution in [1.82, 2.24) is 10.6 Å². The molecule has 0 aliphatic heterocycles. The lowest BCUT2D eigenvalue weighted by Gasteiger charge is -2.28. The fourth-order valence-corrected chi connectivity index (χ4v) is 3.63. The van der Waals surface area contributed by atoms with Gasteiger partial charge in [0.05, 0.1) is 0 Å². The van der Waals surface area contributed by atoms with Crippen molar-refractivity contribution in [3.8, 4) is 0 Å². The second kappa shape index (κ2) is 8.01. The van der Waals surface area contributed by atoms with Crippen molar-refractivity contribution < 1.29 is 14.7 Å². The minimum atomic E-state index is -0.954. The molecule has 1 fully saturated rings. The summed E-state index contributed by atoms with van der Waals surface area (Å²) in [6.07, 6.45) is 3.12. The molecule has 3 rings (SSSR count). The molecule has 1 saturated carbocycles. The summed E-state index contributed by atoms with van der Waals surface area (Å²) in [7, 11) is 0. The standard InChI is InChI=1S/C20H24N2O3/c23-19(18-7-3-5-16-4-1-2-6-17(16)18)21-12-14-8-10-15(11-9-14)13-22-20(24)25/h1-7,14-15,22H,8-13H2,(H,21,23)(H,24,25)/t14-,15-. The first-order valence-electron chi connectivity index (χ1n) is 8.86. The molecule has 0 radical (unpaired) electrons. The van der Waals surface area contributed by atoms with Gasteiger partial charge in [0.25, 0.3) is 5.91 Å². The number of hydrogen-bond donors (Lipinski definition) is 3. The summed E-state index contributed by atoms with van der Waals surface area (Å²) in [5, 5.41) is 16.3. The molecule has 1 aliphatic carbocycles. The zero-order chi connectivity index (χ0) is 17.6. The van der Waals surface area contributed by atoms with Crippen LogP contribution in [0, 0.1) is 11.8 Å². The molecule has 0 saturated heterocycles. The van der Waals surface area contributed by atoms with E-state index < -0.39 is 6.09 Å². The lowest BCUT2D eigenvalue weighted by Crippen LogP contribution is -2.34. The Bertz CT molecular complexity index is 746. The molecule has 0 heterocycles. The van der Waals surface area contributed by atoms with Crippen LogP contribution in [-0.4, -0.2) is 30.2 Å². The normalized spacial score (nSPS) is 20.2. The molecule has 2 amide bonds. The average Bonchev–Trinajstić information content (AvgIpc) is 2.64. The van der Waals surface area contributed by atoms with Gasteiger partial charge in [-0.1, -0.05) is 36.4 Å². The number of rotatable bonds is 5. The molecule has 5 nitrogen and oxygen atoms in total. The number of amides is 2. The van der Waals surface area contributed by atoms with Gasteiger partial charge in [-0.3, -0.25) is 4.79 Å².